The zero-order chi connectivity index (χ0) is 16.9. The third kappa shape index (κ3) is 3.51. The van der Waals surface area contributed by atoms with E-state index in [9.17, 15) is 5.11 Å². The van der Waals surface area contributed by atoms with Gasteiger partial charge in [0.15, 0.2) is 0 Å². The summed E-state index contributed by atoms with van der Waals surface area (Å²) in [4.78, 5) is 16.6. The van der Waals surface area contributed by atoms with Crippen molar-refractivity contribution in [3.63, 3.8) is 0 Å². The van der Waals surface area contributed by atoms with E-state index in [4.69, 9.17) is 4.74 Å². The van der Waals surface area contributed by atoms with Gasteiger partial charge < -0.3 is 9.84 Å². The maximum Gasteiger partial charge on any atom is 0.241 e. The first-order valence-electron chi connectivity index (χ1n) is 7.76. The van der Waals surface area contributed by atoms with Crippen molar-refractivity contribution in [2.75, 3.05) is 6.61 Å². The van der Waals surface area contributed by atoms with Crippen LogP contribution >= 0.6 is 0 Å². The highest BCUT2D eigenvalue weighted by Gasteiger charge is 2.19. The summed E-state index contributed by atoms with van der Waals surface area (Å²) >= 11 is 0. The van der Waals surface area contributed by atoms with Crippen molar-refractivity contribution in [2.24, 2.45) is 0 Å². The van der Waals surface area contributed by atoms with Crippen LogP contribution in [0.1, 0.15) is 30.9 Å². The molecule has 0 bridgehead atoms. The van der Waals surface area contributed by atoms with Gasteiger partial charge in [0.1, 0.15) is 6.33 Å². The minimum atomic E-state index is -0.0670. The predicted molar refractivity (Wildman–Crippen MR) is 88.3 cm³/mol. The summed E-state index contributed by atoms with van der Waals surface area (Å²) in [5.41, 5.74) is 1.73. The maximum atomic E-state index is 10.3. The second-order valence-corrected chi connectivity index (χ2v) is 5.64. The van der Waals surface area contributed by atoms with Gasteiger partial charge in [0.2, 0.25) is 17.7 Å². The largest absolute Gasteiger partial charge is 0.493 e. The molecule has 0 atom stereocenters. The van der Waals surface area contributed by atoms with E-state index in [1.165, 1.54) is 0 Å². The van der Waals surface area contributed by atoms with Crippen molar-refractivity contribution in [2.45, 2.75) is 26.2 Å². The van der Waals surface area contributed by atoms with Crippen LogP contribution in [0.15, 0.2) is 43.2 Å². The monoisotopic (exact) mass is 325 g/mol. The number of imidazole rings is 1. The number of rotatable bonds is 6. The van der Waals surface area contributed by atoms with Crippen LogP contribution in [0.4, 0.5) is 0 Å². The molecule has 0 aromatic carbocycles. The van der Waals surface area contributed by atoms with E-state index in [0.717, 1.165) is 12.0 Å². The highest BCUT2D eigenvalue weighted by molar-refractivity contribution is 5.40. The SMILES string of the molecule is CC(C)c1c(O)nc(-n2ccnc2)nc1OCCc1ccncc1. The molecule has 0 aliphatic rings. The molecular weight excluding hydrogens is 306 g/mol. The Morgan fingerprint density at radius 1 is 1.12 bits per heavy atom. The first-order chi connectivity index (χ1) is 11.6. The average Bonchev–Trinajstić information content (AvgIpc) is 3.09. The number of aromatic nitrogens is 5. The van der Waals surface area contributed by atoms with Crippen molar-refractivity contribution >= 4 is 0 Å². The van der Waals surface area contributed by atoms with Gasteiger partial charge in [0.05, 0.1) is 12.2 Å². The first-order valence-corrected chi connectivity index (χ1v) is 7.76. The van der Waals surface area contributed by atoms with E-state index in [2.05, 4.69) is 19.9 Å². The lowest BCUT2D eigenvalue weighted by Gasteiger charge is -2.15. The summed E-state index contributed by atoms with van der Waals surface area (Å²) in [6.07, 6.45) is 9.15. The summed E-state index contributed by atoms with van der Waals surface area (Å²) in [5.74, 6) is 0.698. The number of hydrogen-bond donors (Lipinski definition) is 1. The van der Waals surface area contributed by atoms with Gasteiger partial charge in [-0.2, -0.15) is 9.97 Å². The van der Waals surface area contributed by atoms with Gasteiger partial charge in [0.25, 0.3) is 0 Å². The van der Waals surface area contributed by atoms with Crippen molar-refractivity contribution in [1.29, 1.82) is 0 Å². The molecule has 0 fully saturated rings. The summed E-state index contributed by atoms with van der Waals surface area (Å²) < 4.78 is 7.48. The van der Waals surface area contributed by atoms with Crippen molar-refractivity contribution in [1.82, 2.24) is 24.5 Å². The first kappa shape index (κ1) is 15.9. The lowest BCUT2D eigenvalue weighted by atomic mass is 10.1. The van der Waals surface area contributed by atoms with Crippen molar-refractivity contribution in [3.05, 3.63) is 54.4 Å². The molecule has 0 radical (unpaired) electrons. The van der Waals surface area contributed by atoms with Crippen LogP contribution in [0.25, 0.3) is 5.95 Å². The minimum Gasteiger partial charge on any atom is -0.493 e. The van der Waals surface area contributed by atoms with Crippen LogP contribution in [-0.4, -0.2) is 36.2 Å². The number of aromatic hydroxyl groups is 1. The van der Waals surface area contributed by atoms with E-state index in [-0.39, 0.29) is 11.8 Å². The molecule has 3 rings (SSSR count). The fourth-order valence-electron chi connectivity index (χ4n) is 2.35. The Kier molecular flexibility index (Phi) is 4.69. The molecule has 3 heterocycles. The summed E-state index contributed by atoms with van der Waals surface area (Å²) in [7, 11) is 0. The molecule has 3 aromatic rings. The predicted octanol–water partition coefficient (Wildman–Crippen LogP) is 2.51. The van der Waals surface area contributed by atoms with Crippen LogP contribution < -0.4 is 4.74 Å². The fraction of sp³-hybridized carbons (Fsp3) is 0.294. The quantitative estimate of drug-likeness (QED) is 0.749. The Morgan fingerprint density at radius 2 is 1.92 bits per heavy atom. The van der Waals surface area contributed by atoms with E-state index in [1.54, 1.807) is 35.7 Å². The molecule has 0 spiro atoms. The Balaban J connectivity index is 1.84. The van der Waals surface area contributed by atoms with Gasteiger partial charge in [-0.3, -0.25) is 9.55 Å². The third-order valence-corrected chi connectivity index (χ3v) is 3.57. The smallest absolute Gasteiger partial charge is 0.241 e. The van der Waals surface area contributed by atoms with E-state index < -0.39 is 0 Å². The molecule has 3 aromatic heterocycles. The molecule has 1 N–H and O–H groups in total. The standard InChI is InChI=1S/C17H19N5O2/c1-12(2)14-15(23)20-17(22-9-8-19-11-22)21-16(14)24-10-5-13-3-6-18-7-4-13/h3-4,6-9,11-12H,5,10H2,1-2H3,(H,20,21,23). The molecule has 124 valence electrons. The summed E-state index contributed by atoms with van der Waals surface area (Å²) in [6.45, 7) is 4.37. The topological polar surface area (TPSA) is 86.0 Å². The molecule has 7 nitrogen and oxygen atoms in total. The van der Waals surface area contributed by atoms with Gasteiger partial charge in [-0.25, -0.2) is 4.98 Å². The maximum absolute atomic E-state index is 10.3. The molecule has 0 aliphatic carbocycles. The molecule has 0 amide bonds. The molecule has 7 heteroatoms. The zero-order valence-electron chi connectivity index (χ0n) is 13.6. The normalized spacial score (nSPS) is 11.0. The Morgan fingerprint density at radius 3 is 2.58 bits per heavy atom. The second-order valence-electron chi connectivity index (χ2n) is 5.64. The minimum absolute atomic E-state index is 0.0396. The highest BCUT2D eigenvalue weighted by Crippen LogP contribution is 2.32. The number of ether oxygens (including phenoxy) is 1. The van der Waals surface area contributed by atoms with Crippen LogP contribution in [0.2, 0.25) is 0 Å². The third-order valence-electron chi connectivity index (χ3n) is 3.57. The Hall–Kier alpha value is -2.96. The van der Waals surface area contributed by atoms with Gasteiger partial charge in [0, 0.05) is 31.2 Å². The Bertz CT molecular complexity index is 788. The molecular formula is C17H19N5O2. The van der Waals surface area contributed by atoms with Crippen LogP contribution in [0.5, 0.6) is 11.8 Å². The molecule has 0 saturated carbocycles. The van der Waals surface area contributed by atoms with Crippen LogP contribution in [0, 0.1) is 0 Å². The van der Waals surface area contributed by atoms with Crippen molar-refractivity contribution < 1.29 is 9.84 Å². The average molecular weight is 325 g/mol. The number of pyridine rings is 1. The van der Waals surface area contributed by atoms with E-state index in [0.29, 0.717) is 24.0 Å². The highest BCUT2D eigenvalue weighted by atomic mass is 16.5. The van der Waals surface area contributed by atoms with Gasteiger partial charge in [-0.05, 0) is 23.6 Å². The lowest BCUT2D eigenvalue weighted by molar-refractivity contribution is 0.298. The Labute approximate surface area is 140 Å². The van der Waals surface area contributed by atoms with Gasteiger partial charge >= 0.3 is 0 Å². The zero-order valence-corrected chi connectivity index (χ0v) is 13.6. The summed E-state index contributed by atoms with van der Waals surface area (Å²) in [5, 5.41) is 10.3. The van der Waals surface area contributed by atoms with E-state index >= 15 is 0 Å². The number of hydrogen-bond acceptors (Lipinski definition) is 6. The van der Waals surface area contributed by atoms with Gasteiger partial charge in [-0.15, -0.1) is 0 Å². The van der Waals surface area contributed by atoms with Gasteiger partial charge in [-0.1, -0.05) is 13.8 Å². The fourth-order valence-corrected chi connectivity index (χ4v) is 2.35. The molecule has 0 unspecified atom stereocenters. The second kappa shape index (κ2) is 7.08. The molecule has 0 saturated heterocycles. The number of nitrogens with zero attached hydrogens (tertiary/aromatic N) is 5. The lowest BCUT2D eigenvalue weighted by Crippen LogP contribution is -2.10. The van der Waals surface area contributed by atoms with Crippen LogP contribution in [-0.2, 0) is 6.42 Å². The molecule has 24 heavy (non-hydrogen) atoms. The van der Waals surface area contributed by atoms with Crippen LogP contribution in [0.3, 0.4) is 0 Å². The molecule has 0 aliphatic heterocycles. The van der Waals surface area contributed by atoms with Crippen molar-refractivity contribution in [3.8, 4) is 17.7 Å². The van der Waals surface area contributed by atoms with E-state index in [1.807, 2.05) is 26.0 Å². The summed E-state index contributed by atoms with van der Waals surface area (Å²) in [6, 6.07) is 3.89.